The van der Waals surface area contributed by atoms with Crippen LogP contribution in [0.4, 0.5) is 0 Å². The lowest BCUT2D eigenvalue weighted by molar-refractivity contribution is 0.117. The Balaban J connectivity index is 4.47. The number of hydrogen-bond donors (Lipinski definition) is 1. The highest BCUT2D eigenvalue weighted by Crippen LogP contribution is 2.28. The molecule has 0 saturated heterocycles. The maximum atomic E-state index is 3.63. The molecule has 0 rings (SSSR count). The van der Waals surface area contributed by atoms with Crippen LogP contribution in [0.1, 0.15) is 66.7 Å². The zero-order valence-electron chi connectivity index (χ0n) is 13.7. The maximum Gasteiger partial charge on any atom is 0.00872 e. The Morgan fingerprint density at radius 2 is 1.56 bits per heavy atom. The minimum Gasteiger partial charge on any atom is -0.316 e. The van der Waals surface area contributed by atoms with Gasteiger partial charge in [0.05, 0.1) is 0 Å². The standard InChI is InChI=1S/C16H36N2/c1-7-12-17-13-16(10-4,11-5)14-18(6)15(8-2)9-3/h15,17H,7-14H2,1-6H3. The Kier molecular flexibility index (Phi) is 9.76. The highest BCUT2D eigenvalue weighted by Gasteiger charge is 2.28. The minimum absolute atomic E-state index is 0.451. The summed E-state index contributed by atoms with van der Waals surface area (Å²) >= 11 is 0. The van der Waals surface area contributed by atoms with Gasteiger partial charge in [-0.15, -0.1) is 0 Å². The van der Waals surface area contributed by atoms with Crippen LogP contribution in [-0.2, 0) is 0 Å². The second-order valence-corrected chi connectivity index (χ2v) is 5.77. The molecular formula is C16H36N2. The van der Waals surface area contributed by atoms with Gasteiger partial charge in [0.1, 0.15) is 0 Å². The topological polar surface area (TPSA) is 15.3 Å². The summed E-state index contributed by atoms with van der Waals surface area (Å²) in [6, 6.07) is 0.744. The van der Waals surface area contributed by atoms with Crippen molar-refractivity contribution in [2.45, 2.75) is 72.8 Å². The highest BCUT2D eigenvalue weighted by atomic mass is 15.1. The molecule has 1 N–H and O–H groups in total. The first-order valence-corrected chi connectivity index (χ1v) is 7.99. The fourth-order valence-electron chi connectivity index (χ4n) is 2.88. The summed E-state index contributed by atoms with van der Waals surface area (Å²) in [4.78, 5) is 2.58. The van der Waals surface area contributed by atoms with Crippen molar-refractivity contribution in [3.63, 3.8) is 0 Å². The summed E-state index contributed by atoms with van der Waals surface area (Å²) in [5.41, 5.74) is 0.451. The molecule has 0 aliphatic rings. The van der Waals surface area contributed by atoms with Crippen molar-refractivity contribution < 1.29 is 0 Å². The second-order valence-electron chi connectivity index (χ2n) is 5.77. The molecule has 0 aliphatic carbocycles. The molecule has 0 aliphatic heterocycles. The zero-order valence-corrected chi connectivity index (χ0v) is 13.7. The van der Waals surface area contributed by atoms with E-state index in [1.54, 1.807) is 0 Å². The Morgan fingerprint density at radius 3 is 1.94 bits per heavy atom. The molecule has 2 nitrogen and oxygen atoms in total. The van der Waals surface area contributed by atoms with Gasteiger partial charge in [-0.1, -0.05) is 34.6 Å². The third-order valence-electron chi connectivity index (χ3n) is 4.58. The number of nitrogens with zero attached hydrogens (tertiary/aromatic N) is 1. The van der Waals surface area contributed by atoms with E-state index in [2.05, 4.69) is 51.9 Å². The average Bonchev–Trinajstić information content (AvgIpc) is 2.39. The molecule has 0 unspecified atom stereocenters. The first-order chi connectivity index (χ1) is 8.59. The molecule has 0 aromatic carbocycles. The van der Waals surface area contributed by atoms with E-state index < -0.39 is 0 Å². The van der Waals surface area contributed by atoms with Crippen LogP contribution in [0.2, 0.25) is 0 Å². The Bertz CT molecular complexity index is 184. The maximum absolute atomic E-state index is 3.63. The molecule has 0 saturated carbocycles. The Labute approximate surface area is 116 Å². The number of rotatable bonds is 11. The predicted octanol–water partition coefficient (Wildman–Crippen LogP) is 3.91. The molecule has 0 fully saturated rings. The van der Waals surface area contributed by atoms with E-state index in [1.807, 2.05) is 0 Å². The van der Waals surface area contributed by atoms with Gasteiger partial charge >= 0.3 is 0 Å². The molecule has 0 heterocycles. The third-order valence-corrected chi connectivity index (χ3v) is 4.58. The van der Waals surface area contributed by atoms with Gasteiger partial charge in [-0.25, -0.2) is 0 Å². The van der Waals surface area contributed by atoms with E-state index in [0.29, 0.717) is 5.41 Å². The van der Waals surface area contributed by atoms with E-state index in [-0.39, 0.29) is 0 Å². The largest absolute Gasteiger partial charge is 0.316 e. The van der Waals surface area contributed by atoms with Crippen molar-refractivity contribution in [2.24, 2.45) is 5.41 Å². The van der Waals surface area contributed by atoms with Crippen molar-refractivity contribution >= 4 is 0 Å². The fourth-order valence-corrected chi connectivity index (χ4v) is 2.88. The zero-order chi connectivity index (χ0) is 14.0. The van der Waals surface area contributed by atoms with Gasteiger partial charge in [-0.3, -0.25) is 0 Å². The van der Waals surface area contributed by atoms with Gasteiger partial charge in [-0.2, -0.15) is 0 Å². The lowest BCUT2D eigenvalue weighted by Crippen LogP contribution is -2.45. The van der Waals surface area contributed by atoms with Crippen LogP contribution in [0.15, 0.2) is 0 Å². The van der Waals surface area contributed by atoms with Crippen LogP contribution >= 0.6 is 0 Å². The average molecular weight is 256 g/mol. The molecular weight excluding hydrogens is 220 g/mol. The van der Waals surface area contributed by atoms with Crippen LogP contribution in [0.25, 0.3) is 0 Å². The van der Waals surface area contributed by atoms with Crippen molar-refractivity contribution in [3.05, 3.63) is 0 Å². The molecule has 18 heavy (non-hydrogen) atoms. The molecule has 0 aromatic heterocycles. The summed E-state index contributed by atoms with van der Waals surface area (Å²) in [5, 5.41) is 3.63. The Morgan fingerprint density at radius 1 is 1.00 bits per heavy atom. The van der Waals surface area contributed by atoms with Crippen LogP contribution in [-0.4, -0.2) is 37.6 Å². The van der Waals surface area contributed by atoms with Gasteiger partial charge in [0.15, 0.2) is 0 Å². The lowest BCUT2D eigenvalue weighted by atomic mass is 9.81. The van der Waals surface area contributed by atoms with Gasteiger partial charge in [0.25, 0.3) is 0 Å². The second kappa shape index (κ2) is 9.80. The predicted molar refractivity (Wildman–Crippen MR) is 83.2 cm³/mol. The molecule has 110 valence electrons. The molecule has 2 heteroatoms. The van der Waals surface area contributed by atoms with Gasteiger partial charge in [-0.05, 0) is 51.1 Å². The van der Waals surface area contributed by atoms with Gasteiger partial charge in [0, 0.05) is 19.1 Å². The summed E-state index contributed by atoms with van der Waals surface area (Å²) in [7, 11) is 2.30. The van der Waals surface area contributed by atoms with E-state index in [9.17, 15) is 0 Å². The third kappa shape index (κ3) is 5.71. The smallest absolute Gasteiger partial charge is 0.00872 e. The van der Waals surface area contributed by atoms with E-state index >= 15 is 0 Å². The molecule has 0 aromatic rings. The lowest BCUT2D eigenvalue weighted by Gasteiger charge is -2.39. The fraction of sp³-hybridized carbons (Fsp3) is 1.00. The molecule has 0 bridgehead atoms. The first kappa shape index (κ1) is 17.9. The van der Waals surface area contributed by atoms with Crippen LogP contribution in [0.5, 0.6) is 0 Å². The van der Waals surface area contributed by atoms with Crippen LogP contribution in [0, 0.1) is 5.41 Å². The van der Waals surface area contributed by atoms with Crippen molar-refractivity contribution in [1.29, 1.82) is 0 Å². The molecule has 0 amide bonds. The Hall–Kier alpha value is -0.0800. The van der Waals surface area contributed by atoms with Crippen LogP contribution in [0.3, 0.4) is 0 Å². The van der Waals surface area contributed by atoms with E-state index in [0.717, 1.165) is 12.6 Å². The summed E-state index contributed by atoms with van der Waals surface area (Å²) < 4.78 is 0. The summed E-state index contributed by atoms with van der Waals surface area (Å²) in [5.74, 6) is 0. The van der Waals surface area contributed by atoms with Crippen molar-refractivity contribution in [2.75, 3.05) is 26.7 Å². The first-order valence-electron chi connectivity index (χ1n) is 7.99. The normalized spacial score (nSPS) is 12.7. The quantitative estimate of drug-likeness (QED) is 0.564. The van der Waals surface area contributed by atoms with E-state index in [4.69, 9.17) is 0 Å². The van der Waals surface area contributed by atoms with Crippen molar-refractivity contribution in [1.82, 2.24) is 10.2 Å². The molecule has 0 spiro atoms. The van der Waals surface area contributed by atoms with Crippen molar-refractivity contribution in [3.8, 4) is 0 Å². The number of hydrogen-bond acceptors (Lipinski definition) is 2. The van der Waals surface area contributed by atoms with E-state index in [1.165, 1.54) is 45.2 Å². The SMILES string of the molecule is CCCNCC(CC)(CC)CN(C)C(CC)CC. The minimum atomic E-state index is 0.451. The summed E-state index contributed by atoms with van der Waals surface area (Å²) in [6.07, 6.45) is 6.29. The highest BCUT2D eigenvalue weighted by molar-refractivity contribution is 4.84. The number of nitrogens with one attached hydrogen (secondary N) is 1. The monoisotopic (exact) mass is 256 g/mol. The molecule has 0 atom stereocenters. The summed E-state index contributed by atoms with van der Waals surface area (Å²) in [6.45, 7) is 15.1. The van der Waals surface area contributed by atoms with Gasteiger partial charge < -0.3 is 10.2 Å². The van der Waals surface area contributed by atoms with Crippen LogP contribution < -0.4 is 5.32 Å². The van der Waals surface area contributed by atoms with Gasteiger partial charge in [0.2, 0.25) is 0 Å². The molecule has 0 radical (unpaired) electrons.